The molecule has 724 valence electrons. The van der Waals surface area contributed by atoms with E-state index in [0.29, 0.717) is 64.2 Å². The van der Waals surface area contributed by atoms with Crippen LogP contribution in [0.15, 0.2) is 85.2 Å². The second-order valence-corrected chi connectivity index (χ2v) is 35.1. The van der Waals surface area contributed by atoms with E-state index in [4.69, 9.17) is 22.9 Å². The van der Waals surface area contributed by atoms with Crippen molar-refractivity contribution in [3.05, 3.63) is 102 Å². The number of H-pyrrole nitrogens is 2. The summed E-state index contributed by atoms with van der Waals surface area (Å²) in [6.45, 7) is 9.06. The van der Waals surface area contributed by atoms with Crippen LogP contribution in [0, 0.1) is 11.8 Å². The van der Waals surface area contributed by atoms with Crippen LogP contribution in [0.3, 0.4) is 0 Å². The quantitative estimate of drug-likeness (QED) is 0.0270. The molecule has 2 aromatic heterocycles. The highest BCUT2D eigenvalue weighted by atomic mass is 16.3. The van der Waals surface area contributed by atoms with Crippen molar-refractivity contribution in [1.29, 1.82) is 0 Å². The van der Waals surface area contributed by atoms with Gasteiger partial charge < -0.3 is 126 Å². The molecule has 1 unspecified atom stereocenters. The van der Waals surface area contributed by atoms with E-state index >= 15 is 33.6 Å². The Hall–Kier alpha value is -13.6. The van der Waals surface area contributed by atoms with Gasteiger partial charge in [-0.1, -0.05) is 116 Å². The van der Waals surface area contributed by atoms with E-state index in [9.17, 15) is 67.7 Å². The minimum Gasteiger partial charge on any atom is -0.508 e. The second-order valence-electron chi connectivity index (χ2n) is 35.1. The topological polar surface area (TPSA) is 649 Å². The second kappa shape index (κ2) is 49.0. The fraction of sp³-hybridized carbons (Fsp3) is 0.544. The van der Waals surface area contributed by atoms with E-state index in [1.165, 1.54) is 52.3 Å². The Morgan fingerprint density at radius 1 is 0.474 bits per heavy atom. The van der Waals surface area contributed by atoms with E-state index in [-0.39, 0.29) is 76.0 Å². The van der Waals surface area contributed by atoms with Gasteiger partial charge in [0.25, 0.3) is 0 Å². The number of fused-ring (bicyclic) bond motifs is 4. The number of aromatic amines is 2. The molecule has 5 aromatic rings. The Balaban J connectivity index is 1.20. The summed E-state index contributed by atoms with van der Waals surface area (Å²) in [6, 6.07) is -3.23. The van der Waals surface area contributed by atoms with Gasteiger partial charge in [-0.3, -0.25) is 91.1 Å². The molecule has 3 aliphatic rings. The van der Waals surface area contributed by atoms with Gasteiger partial charge >= 0.3 is 0 Å². The van der Waals surface area contributed by atoms with Crippen LogP contribution in [0.4, 0.5) is 0 Å². The van der Waals surface area contributed by atoms with Crippen LogP contribution in [-0.4, -0.2) is 301 Å². The predicted octanol–water partition coefficient (Wildman–Crippen LogP) is -3.50. The number of aliphatic hydroxyl groups is 1. The summed E-state index contributed by atoms with van der Waals surface area (Å²) in [6.07, 6.45) is -0.946. The number of nitrogens with one attached hydrogen (secondary N) is 13. The number of aromatic hydroxyl groups is 1. The summed E-state index contributed by atoms with van der Waals surface area (Å²) >= 11 is 0. The number of unbranched alkanes of at least 4 members (excludes halogenated alkanes) is 2. The lowest BCUT2D eigenvalue weighted by molar-refractivity contribution is -0.149. The van der Waals surface area contributed by atoms with Crippen LogP contribution < -0.4 is 81.4 Å². The number of nitrogens with two attached hydrogens (primary N) is 4. The number of hydrogen-bond acceptors (Lipinski definition) is 22. The van der Waals surface area contributed by atoms with Crippen LogP contribution in [0.2, 0.25) is 0 Å². The summed E-state index contributed by atoms with van der Waals surface area (Å²) in [5.74, 6) is -20.1. The van der Waals surface area contributed by atoms with Crippen molar-refractivity contribution in [2.75, 3.05) is 53.9 Å². The fourth-order valence-corrected chi connectivity index (χ4v) is 16.6. The Kier molecular flexibility index (Phi) is 38.6. The zero-order chi connectivity index (χ0) is 97.9. The highest BCUT2D eigenvalue weighted by Crippen LogP contribution is 2.28. The van der Waals surface area contributed by atoms with Crippen LogP contribution in [-0.2, 0) is 110 Å². The highest BCUT2D eigenvalue weighted by Gasteiger charge is 2.47. The maximum Gasteiger partial charge on any atom is 0.246 e. The number of nitrogens with zero attached hydrogens (tertiary/aromatic N) is 5. The SMILES string of the molecule is CCCC[C@H]1C(=O)N(C)[C@@H](CCCC)C(=O)NC(CC(C)C)C(=O)N[C@H](C(=O)NCC(N)=O)CNCC(=O)N[C@@H](Cc2ccc(O)cc2)C(=O)N(C)[C@@H](C)C(=O)N[C@@H](CC(N)=O)C(=O)N2CCC[C@H]2C(=O)N[C@@H](CC(N)=O)C(=O)N[C@@H](CC(C)C)C(=O)N2C[C@H](O)C[C@H]2C(=O)N[C@@H](Cc2c[nH]c3ccccc23)C(=O)N[C@@H](CC(N)=O)C(=O)N[C@@H](Cc2c[nH]c3ccccc23)C(=O)N1C. The van der Waals surface area contributed by atoms with Crippen molar-refractivity contribution < 1.29 is 101 Å². The molecule has 23 N–H and O–H groups in total. The van der Waals surface area contributed by atoms with Gasteiger partial charge in [-0.2, -0.15) is 0 Å². The van der Waals surface area contributed by atoms with Crippen molar-refractivity contribution in [3.63, 3.8) is 0 Å². The van der Waals surface area contributed by atoms with Crippen LogP contribution in [0.5, 0.6) is 5.75 Å². The minimum absolute atomic E-state index is 0.000505. The normalized spacial score (nSPS) is 25.0. The zero-order valence-electron chi connectivity index (χ0n) is 76.7. The zero-order valence-corrected chi connectivity index (χ0v) is 76.7. The van der Waals surface area contributed by atoms with Crippen molar-refractivity contribution in [2.45, 2.75) is 248 Å². The van der Waals surface area contributed by atoms with Crippen LogP contribution >= 0.6 is 0 Å². The van der Waals surface area contributed by atoms with Gasteiger partial charge in [-0.05, 0) is 98.2 Å². The average molecular weight is 1850 g/mol. The number of aliphatic hydroxyl groups excluding tert-OH is 1. The number of amides is 19. The van der Waals surface area contributed by atoms with Gasteiger partial charge in [0, 0.05) is 101 Å². The Morgan fingerprint density at radius 2 is 0.932 bits per heavy atom. The third-order valence-corrected chi connectivity index (χ3v) is 23.8. The van der Waals surface area contributed by atoms with Crippen molar-refractivity contribution in [3.8, 4) is 5.75 Å². The van der Waals surface area contributed by atoms with E-state index in [1.807, 2.05) is 13.8 Å². The first kappa shape index (κ1) is 105. The van der Waals surface area contributed by atoms with Crippen molar-refractivity contribution in [2.24, 2.45) is 34.8 Å². The molecular formula is C90H128N22O21. The summed E-state index contributed by atoms with van der Waals surface area (Å²) < 4.78 is 0. The monoisotopic (exact) mass is 1850 g/mol. The largest absolute Gasteiger partial charge is 0.508 e. The summed E-state index contributed by atoms with van der Waals surface area (Å²) in [5, 5.41) is 51.4. The molecule has 0 aliphatic carbocycles. The van der Waals surface area contributed by atoms with Gasteiger partial charge in [-0.25, -0.2) is 0 Å². The van der Waals surface area contributed by atoms with Gasteiger partial charge in [0.15, 0.2) is 0 Å². The minimum atomic E-state index is -1.93. The summed E-state index contributed by atoms with van der Waals surface area (Å²) in [5.41, 5.74) is 25.2. The van der Waals surface area contributed by atoms with Crippen LogP contribution in [0.25, 0.3) is 21.8 Å². The number of phenols is 1. The Labute approximate surface area is 769 Å². The highest BCUT2D eigenvalue weighted by molar-refractivity contribution is 6.03. The maximum atomic E-state index is 15.8. The number of carbonyl (C=O) groups is 19. The van der Waals surface area contributed by atoms with E-state index in [0.717, 1.165) is 24.5 Å². The van der Waals surface area contributed by atoms with Gasteiger partial charge in [-0.15, -0.1) is 0 Å². The van der Waals surface area contributed by atoms with Gasteiger partial charge in [0.1, 0.15) is 90.3 Å². The number of hydrogen-bond donors (Lipinski definition) is 19. The molecule has 19 amide bonds. The van der Waals surface area contributed by atoms with E-state index in [2.05, 4.69) is 68.5 Å². The van der Waals surface area contributed by atoms with Crippen molar-refractivity contribution >= 4 is 134 Å². The smallest absolute Gasteiger partial charge is 0.246 e. The molecule has 0 radical (unpaired) electrons. The number of benzene rings is 3. The molecule has 3 fully saturated rings. The number of carbonyl (C=O) groups excluding carboxylic acids is 19. The first-order valence-corrected chi connectivity index (χ1v) is 44.8. The predicted molar refractivity (Wildman–Crippen MR) is 484 cm³/mol. The molecule has 133 heavy (non-hydrogen) atoms. The number of rotatable bonds is 25. The lowest BCUT2D eigenvalue weighted by atomic mass is 9.99. The third-order valence-electron chi connectivity index (χ3n) is 23.8. The number of likely N-dealkylation sites (N-methyl/N-ethyl adjacent to an activating group) is 3. The van der Waals surface area contributed by atoms with Crippen molar-refractivity contribution in [1.82, 2.24) is 93.0 Å². The molecule has 3 saturated heterocycles. The maximum absolute atomic E-state index is 15.8. The number of phenolic OH excluding ortho intramolecular Hbond substituents is 1. The number of para-hydroxylation sites is 2. The average Bonchev–Trinajstić information content (AvgIpc) is 1.63. The molecule has 0 saturated carbocycles. The molecule has 43 nitrogen and oxygen atoms in total. The molecular weight excluding hydrogens is 1730 g/mol. The van der Waals surface area contributed by atoms with E-state index < -0.39 is 261 Å². The molecule has 15 atom stereocenters. The first-order chi connectivity index (χ1) is 63.0. The lowest BCUT2D eigenvalue weighted by Crippen LogP contribution is -2.62. The third kappa shape index (κ3) is 29.4. The Morgan fingerprint density at radius 3 is 1.50 bits per heavy atom. The molecule has 3 aromatic carbocycles. The molecule has 0 bridgehead atoms. The standard InChI is InChI=1S/C90H128N22O21/c1-11-13-24-68-83(126)101-59(32-47(3)4)79(122)107-67(78(121)98-44-75(94)118)43-95-45-76(119)99-64(34-50-27-29-53(113)30-28-50)86(129)108(8)49(7)77(120)104-66(40-74(93)117)88(131)111-31-19-26-69(111)84(127)103-62(39-73(92)116)82(125)105-63(33-48(5)6)89(132)112-46-54(114)37-71(112)85(128)102-60(35-51-41-96-57-22-17-15-20-55(51)57)80(123)100-61(38-72(91)115)81(124)106-65(36-52-42-97-58-23-18-16-21-56(52)58)87(130)110(10)70(25-14-12-2)90(133)109(68)9/h15-18,20-23,27-30,41-42,47-49,54,59-71,95-97,113-114H,11-14,19,24-26,31-40,43-46H2,1-10H3,(H2,91,115)(H2,92,116)(H2,93,117)(H2,94,118)(H,98,121)(H,99,119)(H,100,123)(H,101,126)(H,102,128)(H,103,127)(H,104,120)(H,105,125)(H,106,124)(H,107,122)/t49-,54+,59?,60-,61-,62-,63-,64-,65-,66-,67-,68-,69-,70-,71-/m0/s1. The summed E-state index contributed by atoms with van der Waals surface area (Å²) in [7, 11) is 3.87. The van der Waals surface area contributed by atoms with E-state index in [1.54, 1.807) is 88.6 Å². The summed E-state index contributed by atoms with van der Waals surface area (Å²) in [4.78, 5) is 287. The molecule has 3 aliphatic heterocycles. The Bertz CT molecular complexity index is 5060. The lowest BCUT2D eigenvalue weighted by Gasteiger charge is -2.36. The van der Waals surface area contributed by atoms with Gasteiger partial charge in [0.05, 0.1) is 38.5 Å². The van der Waals surface area contributed by atoms with Crippen LogP contribution in [0.1, 0.15) is 155 Å². The molecule has 0 spiro atoms. The number of aromatic nitrogens is 2. The molecule has 43 heteroatoms. The van der Waals surface area contributed by atoms with Gasteiger partial charge in [0.2, 0.25) is 112 Å². The fourth-order valence-electron chi connectivity index (χ4n) is 16.6. The molecule has 5 heterocycles. The first-order valence-electron chi connectivity index (χ1n) is 44.8. The molecule has 8 rings (SSSR count). The number of primary amides is 4.